The standard InChI is InChI=1S/C54H35NO/c1-3-19-45-36(12-1)14-11-24-46(45)40-17-9-15-38(32-40)39-16-10-18-43(33-39)55(44-30-31-51-50-23-7-8-25-53(50)56-54(51)35-44)42-28-26-37(27-29-42)52-34-41-13-2-4-20-47(41)48-21-5-6-22-49(48)52/h1-35H. The zero-order valence-electron chi connectivity index (χ0n) is 30.6. The highest BCUT2D eigenvalue weighted by Crippen LogP contribution is 2.42. The van der Waals surface area contributed by atoms with Crippen molar-refractivity contribution >= 4 is 71.3 Å². The molecule has 0 amide bonds. The Morgan fingerprint density at radius 1 is 0.268 bits per heavy atom. The van der Waals surface area contributed by atoms with E-state index in [1.165, 1.54) is 60.1 Å². The molecule has 56 heavy (non-hydrogen) atoms. The fraction of sp³-hybridized carbons (Fsp3) is 0. The first-order chi connectivity index (χ1) is 27.7. The van der Waals surface area contributed by atoms with E-state index in [1.54, 1.807) is 0 Å². The average molecular weight is 714 g/mol. The van der Waals surface area contributed by atoms with Gasteiger partial charge in [-0.25, -0.2) is 0 Å². The molecule has 0 N–H and O–H groups in total. The highest BCUT2D eigenvalue weighted by molar-refractivity contribution is 6.14. The van der Waals surface area contributed by atoms with Crippen molar-refractivity contribution in [1.82, 2.24) is 0 Å². The predicted octanol–water partition coefficient (Wildman–Crippen LogP) is 15.5. The third-order valence-electron chi connectivity index (χ3n) is 11.2. The molecule has 11 aromatic rings. The van der Waals surface area contributed by atoms with E-state index in [9.17, 15) is 0 Å². The molecule has 0 saturated heterocycles. The highest BCUT2D eigenvalue weighted by Gasteiger charge is 2.18. The Labute approximate surface area is 325 Å². The summed E-state index contributed by atoms with van der Waals surface area (Å²) in [5, 5.41) is 9.78. The van der Waals surface area contributed by atoms with Crippen molar-refractivity contribution in [2.45, 2.75) is 0 Å². The summed E-state index contributed by atoms with van der Waals surface area (Å²) < 4.78 is 6.42. The summed E-state index contributed by atoms with van der Waals surface area (Å²) in [5.41, 5.74) is 12.1. The summed E-state index contributed by atoms with van der Waals surface area (Å²) in [6.45, 7) is 0. The van der Waals surface area contributed by atoms with Gasteiger partial charge in [-0.3, -0.25) is 0 Å². The zero-order chi connectivity index (χ0) is 37.0. The summed E-state index contributed by atoms with van der Waals surface area (Å²) in [6, 6.07) is 76.5. The second-order valence-electron chi connectivity index (χ2n) is 14.5. The van der Waals surface area contributed by atoms with Crippen LogP contribution in [0, 0.1) is 0 Å². The van der Waals surface area contributed by atoms with E-state index < -0.39 is 0 Å². The SMILES string of the molecule is c1cc(-c2cccc(N(c3ccc(-c4cc5ccccc5c5ccccc45)cc3)c3ccc4c(c3)oc3ccccc34)c2)cc(-c2cccc3ccccc23)c1. The van der Waals surface area contributed by atoms with Gasteiger partial charge < -0.3 is 9.32 Å². The van der Waals surface area contributed by atoms with E-state index in [-0.39, 0.29) is 0 Å². The van der Waals surface area contributed by atoms with Gasteiger partial charge in [0.2, 0.25) is 0 Å². The molecule has 0 aliphatic heterocycles. The largest absolute Gasteiger partial charge is 0.456 e. The van der Waals surface area contributed by atoms with Gasteiger partial charge in [-0.05, 0) is 120 Å². The van der Waals surface area contributed by atoms with Crippen LogP contribution in [0.4, 0.5) is 17.1 Å². The van der Waals surface area contributed by atoms with Crippen LogP contribution in [0.15, 0.2) is 217 Å². The minimum absolute atomic E-state index is 0.867. The molecule has 2 heteroatoms. The number of anilines is 3. The van der Waals surface area contributed by atoms with Gasteiger partial charge in [-0.15, -0.1) is 0 Å². The Morgan fingerprint density at radius 2 is 0.857 bits per heavy atom. The van der Waals surface area contributed by atoms with Gasteiger partial charge in [0.05, 0.1) is 0 Å². The maximum atomic E-state index is 6.42. The summed E-state index contributed by atoms with van der Waals surface area (Å²) in [4.78, 5) is 2.34. The smallest absolute Gasteiger partial charge is 0.137 e. The van der Waals surface area contributed by atoms with Gasteiger partial charge in [-0.2, -0.15) is 0 Å². The number of hydrogen-bond donors (Lipinski definition) is 0. The van der Waals surface area contributed by atoms with Crippen molar-refractivity contribution < 1.29 is 4.42 Å². The van der Waals surface area contributed by atoms with Gasteiger partial charge in [0.1, 0.15) is 11.2 Å². The average Bonchev–Trinajstić information content (AvgIpc) is 3.64. The Morgan fingerprint density at radius 3 is 1.71 bits per heavy atom. The molecule has 0 saturated carbocycles. The maximum absolute atomic E-state index is 6.42. The Bertz CT molecular complexity index is 3260. The fourth-order valence-electron chi connectivity index (χ4n) is 8.55. The summed E-state index contributed by atoms with van der Waals surface area (Å²) in [6.07, 6.45) is 0. The zero-order valence-corrected chi connectivity index (χ0v) is 30.6. The number of para-hydroxylation sites is 1. The molecule has 0 fully saturated rings. The Kier molecular flexibility index (Phi) is 7.53. The van der Waals surface area contributed by atoms with E-state index in [2.05, 4.69) is 205 Å². The molecule has 1 aromatic heterocycles. The third-order valence-corrected chi connectivity index (χ3v) is 11.2. The first-order valence-corrected chi connectivity index (χ1v) is 19.2. The molecule has 0 aliphatic rings. The molecule has 262 valence electrons. The molecule has 0 bridgehead atoms. The molecule has 0 atom stereocenters. The quantitative estimate of drug-likeness (QED) is 0.160. The topological polar surface area (TPSA) is 16.4 Å². The van der Waals surface area contributed by atoms with E-state index in [0.29, 0.717) is 0 Å². The van der Waals surface area contributed by atoms with Crippen molar-refractivity contribution in [1.29, 1.82) is 0 Å². The fourth-order valence-corrected chi connectivity index (χ4v) is 8.55. The van der Waals surface area contributed by atoms with Crippen LogP contribution in [0.5, 0.6) is 0 Å². The highest BCUT2D eigenvalue weighted by atomic mass is 16.3. The van der Waals surface area contributed by atoms with Crippen LogP contribution in [0.2, 0.25) is 0 Å². The molecule has 1 heterocycles. The summed E-state index contributed by atoms with van der Waals surface area (Å²) in [7, 11) is 0. The van der Waals surface area contributed by atoms with E-state index in [4.69, 9.17) is 4.42 Å². The monoisotopic (exact) mass is 713 g/mol. The first kappa shape index (κ1) is 32.0. The van der Waals surface area contributed by atoms with Crippen LogP contribution >= 0.6 is 0 Å². The number of nitrogens with zero attached hydrogens (tertiary/aromatic N) is 1. The van der Waals surface area contributed by atoms with E-state index in [0.717, 1.165) is 44.6 Å². The van der Waals surface area contributed by atoms with Crippen molar-refractivity contribution in [3.63, 3.8) is 0 Å². The first-order valence-electron chi connectivity index (χ1n) is 19.2. The summed E-state index contributed by atoms with van der Waals surface area (Å²) in [5.74, 6) is 0. The van der Waals surface area contributed by atoms with Crippen molar-refractivity contribution in [3.05, 3.63) is 212 Å². The number of hydrogen-bond acceptors (Lipinski definition) is 2. The van der Waals surface area contributed by atoms with Crippen molar-refractivity contribution in [3.8, 4) is 33.4 Å². The van der Waals surface area contributed by atoms with Crippen LogP contribution in [-0.2, 0) is 0 Å². The lowest BCUT2D eigenvalue weighted by Crippen LogP contribution is -2.10. The predicted molar refractivity (Wildman–Crippen MR) is 237 cm³/mol. The molecule has 0 spiro atoms. The number of furan rings is 1. The maximum Gasteiger partial charge on any atom is 0.137 e. The Hall–Kier alpha value is -7.42. The second kappa shape index (κ2) is 13.2. The second-order valence-corrected chi connectivity index (χ2v) is 14.5. The Balaban J connectivity index is 1.04. The molecular formula is C54H35NO. The van der Waals surface area contributed by atoms with Crippen molar-refractivity contribution in [2.75, 3.05) is 4.90 Å². The van der Waals surface area contributed by atoms with Crippen LogP contribution < -0.4 is 4.90 Å². The van der Waals surface area contributed by atoms with E-state index >= 15 is 0 Å². The lowest BCUT2D eigenvalue weighted by molar-refractivity contribution is 0.669. The van der Waals surface area contributed by atoms with Crippen LogP contribution in [0.3, 0.4) is 0 Å². The lowest BCUT2D eigenvalue weighted by atomic mass is 9.93. The van der Waals surface area contributed by atoms with Gasteiger partial charge in [0.15, 0.2) is 0 Å². The van der Waals surface area contributed by atoms with E-state index in [1.807, 2.05) is 12.1 Å². The molecule has 11 rings (SSSR count). The number of benzene rings is 10. The van der Waals surface area contributed by atoms with Crippen molar-refractivity contribution in [2.24, 2.45) is 0 Å². The molecule has 0 aliphatic carbocycles. The lowest BCUT2D eigenvalue weighted by Gasteiger charge is -2.26. The van der Waals surface area contributed by atoms with Crippen LogP contribution in [-0.4, -0.2) is 0 Å². The molecule has 0 unspecified atom stereocenters. The van der Waals surface area contributed by atoms with Gasteiger partial charge in [-0.1, -0.05) is 152 Å². The van der Waals surface area contributed by atoms with Crippen LogP contribution in [0.1, 0.15) is 0 Å². The van der Waals surface area contributed by atoms with Gasteiger partial charge in [0.25, 0.3) is 0 Å². The van der Waals surface area contributed by atoms with Gasteiger partial charge >= 0.3 is 0 Å². The third kappa shape index (κ3) is 5.42. The summed E-state index contributed by atoms with van der Waals surface area (Å²) >= 11 is 0. The number of rotatable bonds is 6. The molecule has 2 nitrogen and oxygen atoms in total. The molecular weight excluding hydrogens is 679 g/mol. The number of fused-ring (bicyclic) bond motifs is 7. The minimum atomic E-state index is 0.867. The molecule has 10 aromatic carbocycles. The normalized spacial score (nSPS) is 11.6. The molecule has 0 radical (unpaired) electrons. The minimum Gasteiger partial charge on any atom is -0.456 e. The van der Waals surface area contributed by atoms with Gasteiger partial charge in [0, 0.05) is 33.9 Å². The van der Waals surface area contributed by atoms with Crippen LogP contribution in [0.25, 0.3) is 87.6 Å².